The van der Waals surface area contributed by atoms with Crippen molar-refractivity contribution in [3.8, 4) is 5.75 Å². The average molecular weight is 326 g/mol. The van der Waals surface area contributed by atoms with Crippen LogP contribution in [0.25, 0.3) is 0 Å². The van der Waals surface area contributed by atoms with Gasteiger partial charge in [0.2, 0.25) is 5.91 Å². The Morgan fingerprint density at radius 2 is 1.88 bits per heavy atom. The fourth-order valence-corrected chi connectivity index (χ4v) is 2.16. The van der Waals surface area contributed by atoms with E-state index in [-0.39, 0.29) is 18.2 Å². The van der Waals surface area contributed by atoms with E-state index in [1.807, 2.05) is 37.3 Å². The second-order valence-corrected chi connectivity index (χ2v) is 5.51. The van der Waals surface area contributed by atoms with Crippen molar-refractivity contribution in [2.24, 2.45) is 0 Å². The van der Waals surface area contributed by atoms with Gasteiger partial charge in [0.1, 0.15) is 12.4 Å². The summed E-state index contributed by atoms with van der Waals surface area (Å²) in [5.74, 6) is 0.663. The number of carbonyl (C=O) groups excluding carboxylic acids is 2. The number of anilines is 1. The van der Waals surface area contributed by atoms with Gasteiger partial charge in [-0.15, -0.1) is 0 Å². The smallest absolute Gasteiger partial charge is 0.239 e. The summed E-state index contributed by atoms with van der Waals surface area (Å²) in [5, 5.41) is 5.78. The van der Waals surface area contributed by atoms with Gasteiger partial charge in [0.15, 0.2) is 5.78 Å². The Morgan fingerprint density at radius 1 is 1.08 bits per heavy atom. The van der Waals surface area contributed by atoms with Gasteiger partial charge in [-0.1, -0.05) is 24.3 Å². The molecule has 0 saturated heterocycles. The van der Waals surface area contributed by atoms with Crippen LogP contribution in [0, 0.1) is 6.92 Å². The van der Waals surface area contributed by atoms with Gasteiger partial charge >= 0.3 is 0 Å². The van der Waals surface area contributed by atoms with Crippen LogP contribution in [-0.2, 0) is 4.79 Å². The molecule has 126 valence electrons. The van der Waals surface area contributed by atoms with Crippen molar-refractivity contribution >= 4 is 17.4 Å². The number of amides is 1. The number of rotatable bonds is 8. The van der Waals surface area contributed by atoms with Gasteiger partial charge in [0.25, 0.3) is 0 Å². The third-order valence-electron chi connectivity index (χ3n) is 3.40. The molecule has 2 aromatic rings. The molecule has 5 nitrogen and oxygen atoms in total. The molecular weight excluding hydrogens is 304 g/mol. The van der Waals surface area contributed by atoms with Crippen LogP contribution in [0.2, 0.25) is 0 Å². The molecule has 0 radical (unpaired) electrons. The molecule has 0 aliphatic rings. The van der Waals surface area contributed by atoms with Crippen molar-refractivity contribution in [2.75, 3.05) is 25.0 Å². The van der Waals surface area contributed by atoms with Gasteiger partial charge in [-0.25, -0.2) is 0 Å². The molecule has 0 aromatic heterocycles. The lowest BCUT2D eigenvalue weighted by atomic mass is 10.1. The predicted octanol–water partition coefficient (Wildman–Crippen LogP) is 2.80. The summed E-state index contributed by atoms with van der Waals surface area (Å²) in [4.78, 5) is 23.1. The molecule has 0 spiro atoms. The number of Topliss-reactive ketones (excluding diaryl/α,β-unsaturated/α-hetero) is 1. The van der Waals surface area contributed by atoms with Gasteiger partial charge in [-0.3, -0.25) is 9.59 Å². The summed E-state index contributed by atoms with van der Waals surface area (Å²) in [5.41, 5.74) is 2.49. The maximum absolute atomic E-state index is 11.8. The van der Waals surface area contributed by atoms with E-state index in [1.165, 1.54) is 6.92 Å². The lowest BCUT2D eigenvalue weighted by Crippen LogP contribution is -2.33. The first kappa shape index (κ1) is 17.5. The Balaban J connectivity index is 1.68. The first-order chi connectivity index (χ1) is 11.5. The SMILES string of the molecule is CC(=O)c1cccc(NCC(=O)NCCOc2cccc(C)c2)c1. The van der Waals surface area contributed by atoms with E-state index in [1.54, 1.807) is 18.2 Å². The summed E-state index contributed by atoms with van der Waals surface area (Å²) in [6, 6.07) is 14.9. The van der Waals surface area contributed by atoms with Crippen LogP contribution in [0.5, 0.6) is 5.75 Å². The normalized spacial score (nSPS) is 10.1. The second-order valence-electron chi connectivity index (χ2n) is 5.51. The fraction of sp³-hybridized carbons (Fsp3) is 0.263. The van der Waals surface area contributed by atoms with Crippen LogP contribution < -0.4 is 15.4 Å². The highest BCUT2D eigenvalue weighted by atomic mass is 16.5. The highest BCUT2D eigenvalue weighted by molar-refractivity contribution is 5.95. The number of ether oxygens (including phenoxy) is 1. The van der Waals surface area contributed by atoms with E-state index in [0.717, 1.165) is 17.0 Å². The average Bonchev–Trinajstić information content (AvgIpc) is 2.57. The molecule has 2 N–H and O–H groups in total. The highest BCUT2D eigenvalue weighted by Gasteiger charge is 2.03. The van der Waals surface area contributed by atoms with Crippen molar-refractivity contribution < 1.29 is 14.3 Å². The monoisotopic (exact) mass is 326 g/mol. The van der Waals surface area contributed by atoms with Gasteiger partial charge in [-0.2, -0.15) is 0 Å². The predicted molar refractivity (Wildman–Crippen MR) is 94.6 cm³/mol. The van der Waals surface area contributed by atoms with Gasteiger partial charge < -0.3 is 15.4 Å². The lowest BCUT2D eigenvalue weighted by Gasteiger charge is -2.10. The summed E-state index contributed by atoms with van der Waals surface area (Å²) >= 11 is 0. The van der Waals surface area contributed by atoms with E-state index in [2.05, 4.69) is 10.6 Å². The quantitative estimate of drug-likeness (QED) is 0.578. The first-order valence-corrected chi connectivity index (χ1v) is 7.85. The molecule has 0 fully saturated rings. The topological polar surface area (TPSA) is 67.4 Å². The van der Waals surface area contributed by atoms with Crippen molar-refractivity contribution in [2.45, 2.75) is 13.8 Å². The molecule has 5 heteroatoms. The number of carbonyl (C=O) groups is 2. The van der Waals surface area contributed by atoms with E-state index < -0.39 is 0 Å². The number of aryl methyl sites for hydroxylation is 1. The third kappa shape index (κ3) is 5.76. The molecule has 0 unspecified atom stereocenters. The summed E-state index contributed by atoms with van der Waals surface area (Å²) in [7, 11) is 0. The molecule has 0 aliphatic heterocycles. The molecular formula is C19H22N2O3. The van der Waals surface area contributed by atoms with Gasteiger partial charge in [0, 0.05) is 11.3 Å². The van der Waals surface area contributed by atoms with Crippen LogP contribution in [0.4, 0.5) is 5.69 Å². The molecule has 2 rings (SSSR count). The van der Waals surface area contributed by atoms with E-state index in [0.29, 0.717) is 18.7 Å². The van der Waals surface area contributed by atoms with E-state index in [9.17, 15) is 9.59 Å². The molecule has 1 amide bonds. The van der Waals surface area contributed by atoms with E-state index >= 15 is 0 Å². The standard InChI is InChI=1S/C19H22N2O3/c1-14-5-3-8-18(11-14)24-10-9-20-19(23)13-21-17-7-4-6-16(12-17)15(2)22/h3-8,11-12,21H,9-10,13H2,1-2H3,(H,20,23). The van der Waals surface area contributed by atoms with Gasteiger partial charge in [-0.05, 0) is 43.7 Å². The van der Waals surface area contributed by atoms with Crippen LogP contribution in [0.3, 0.4) is 0 Å². The lowest BCUT2D eigenvalue weighted by molar-refractivity contribution is -0.119. The zero-order chi connectivity index (χ0) is 17.4. The van der Waals surface area contributed by atoms with Crippen molar-refractivity contribution in [1.29, 1.82) is 0 Å². The highest BCUT2D eigenvalue weighted by Crippen LogP contribution is 2.12. The maximum atomic E-state index is 11.8. The number of benzene rings is 2. The van der Waals surface area contributed by atoms with Crippen molar-refractivity contribution in [3.05, 3.63) is 59.7 Å². The van der Waals surface area contributed by atoms with Crippen LogP contribution in [0.15, 0.2) is 48.5 Å². The molecule has 2 aromatic carbocycles. The minimum Gasteiger partial charge on any atom is -0.492 e. The first-order valence-electron chi connectivity index (χ1n) is 7.85. The summed E-state index contributed by atoms with van der Waals surface area (Å²) in [6.45, 7) is 4.50. The van der Waals surface area contributed by atoms with Crippen LogP contribution in [0.1, 0.15) is 22.8 Å². The second kappa shape index (κ2) is 8.72. The Morgan fingerprint density at radius 3 is 2.62 bits per heavy atom. The van der Waals surface area contributed by atoms with Crippen LogP contribution >= 0.6 is 0 Å². The number of ketones is 1. The molecule has 0 bridgehead atoms. The number of hydrogen-bond donors (Lipinski definition) is 2. The summed E-state index contributed by atoms with van der Waals surface area (Å²) < 4.78 is 5.57. The molecule has 0 heterocycles. The Kier molecular flexibility index (Phi) is 6.37. The number of nitrogens with one attached hydrogen (secondary N) is 2. The Hall–Kier alpha value is -2.82. The Labute approximate surface area is 142 Å². The zero-order valence-electron chi connectivity index (χ0n) is 14.0. The van der Waals surface area contributed by atoms with Crippen molar-refractivity contribution in [1.82, 2.24) is 5.32 Å². The minimum atomic E-state index is -0.129. The number of hydrogen-bond acceptors (Lipinski definition) is 4. The van der Waals surface area contributed by atoms with E-state index in [4.69, 9.17) is 4.74 Å². The fourth-order valence-electron chi connectivity index (χ4n) is 2.16. The third-order valence-corrected chi connectivity index (χ3v) is 3.40. The largest absolute Gasteiger partial charge is 0.492 e. The maximum Gasteiger partial charge on any atom is 0.239 e. The van der Waals surface area contributed by atoms with Gasteiger partial charge in [0.05, 0.1) is 13.1 Å². The van der Waals surface area contributed by atoms with Crippen molar-refractivity contribution in [3.63, 3.8) is 0 Å². The zero-order valence-corrected chi connectivity index (χ0v) is 14.0. The molecule has 0 saturated carbocycles. The Bertz CT molecular complexity index is 713. The molecule has 0 aliphatic carbocycles. The summed E-state index contributed by atoms with van der Waals surface area (Å²) in [6.07, 6.45) is 0. The minimum absolute atomic E-state index is 0.00333. The van der Waals surface area contributed by atoms with Crippen LogP contribution in [-0.4, -0.2) is 31.4 Å². The molecule has 0 atom stereocenters. The molecule has 24 heavy (non-hydrogen) atoms.